The molecule has 0 aliphatic carbocycles. The van der Waals surface area contributed by atoms with Gasteiger partial charge in [-0.3, -0.25) is 4.79 Å². The lowest BCUT2D eigenvalue weighted by molar-refractivity contribution is 0.100. The number of primary amides is 1. The number of carbonyl (C=O) groups excluding carboxylic acids is 1. The first-order valence-corrected chi connectivity index (χ1v) is 7.74. The van der Waals surface area contributed by atoms with Crippen LogP contribution in [0.4, 0.5) is 0 Å². The number of aromatic nitrogens is 3. The monoisotopic (exact) mass is 324 g/mol. The summed E-state index contributed by atoms with van der Waals surface area (Å²) in [6.45, 7) is 1.92. The molecule has 7 heteroatoms. The van der Waals surface area contributed by atoms with Gasteiger partial charge in [-0.15, -0.1) is 11.3 Å². The predicted molar refractivity (Wildman–Crippen MR) is 87.3 cm³/mol. The minimum atomic E-state index is -0.501. The lowest BCUT2D eigenvalue weighted by Gasteiger charge is -1.95. The zero-order chi connectivity index (χ0) is 16.0. The molecule has 4 aromatic heterocycles. The first-order valence-electron chi connectivity index (χ1n) is 6.92. The van der Waals surface area contributed by atoms with E-state index in [9.17, 15) is 4.79 Å². The van der Waals surface area contributed by atoms with Crippen molar-refractivity contribution in [2.24, 2.45) is 5.73 Å². The van der Waals surface area contributed by atoms with E-state index in [1.165, 1.54) is 11.3 Å². The minimum absolute atomic E-state index is 0.413. The first kappa shape index (κ1) is 13.7. The SMILES string of the molecule is Cc1nn2ccccc2c1-c1nc(-c2ccoc2)c(C(N)=O)s1. The number of carbonyl (C=O) groups is 1. The van der Waals surface area contributed by atoms with E-state index in [1.807, 2.05) is 31.3 Å². The van der Waals surface area contributed by atoms with Crippen LogP contribution in [0.15, 0.2) is 47.4 Å². The van der Waals surface area contributed by atoms with Gasteiger partial charge in [0.1, 0.15) is 9.88 Å². The summed E-state index contributed by atoms with van der Waals surface area (Å²) < 4.78 is 6.89. The van der Waals surface area contributed by atoms with E-state index in [0.717, 1.165) is 22.3 Å². The van der Waals surface area contributed by atoms with Gasteiger partial charge < -0.3 is 10.2 Å². The van der Waals surface area contributed by atoms with Gasteiger partial charge in [-0.1, -0.05) is 6.07 Å². The Balaban J connectivity index is 1.98. The van der Waals surface area contributed by atoms with Crippen LogP contribution in [-0.2, 0) is 0 Å². The second-order valence-electron chi connectivity index (χ2n) is 5.06. The Morgan fingerprint density at radius 1 is 1.35 bits per heavy atom. The number of fused-ring (bicyclic) bond motifs is 1. The zero-order valence-electron chi connectivity index (χ0n) is 12.2. The Kier molecular flexibility index (Phi) is 3.02. The Morgan fingerprint density at radius 2 is 2.22 bits per heavy atom. The molecule has 0 fully saturated rings. The van der Waals surface area contributed by atoms with Gasteiger partial charge in [-0.2, -0.15) is 5.10 Å². The molecule has 2 N–H and O–H groups in total. The maximum atomic E-state index is 11.8. The van der Waals surface area contributed by atoms with Gasteiger partial charge in [0.25, 0.3) is 5.91 Å². The number of amides is 1. The summed E-state index contributed by atoms with van der Waals surface area (Å²) in [5.41, 5.74) is 9.49. The number of hydrogen-bond donors (Lipinski definition) is 1. The Bertz CT molecular complexity index is 1010. The van der Waals surface area contributed by atoms with Gasteiger partial charge in [0, 0.05) is 11.8 Å². The molecule has 0 aliphatic rings. The first-order chi connectivity index (χ1) is 11.1. The van der Waals surface area contributed by atoms with E-state index < -0.39 is 5.91 Å². The van der Waals surface area contributed by atoms with Crippen molar-refractivity contribution in [1.29, 1.82) is 0 Å². The number of furan rings is 1. The molecule has 0 aromatic carbocycles. The number of thiazole rings is 1. The topological polar surface area (TPSA) is 86.4 Å². The van der Waals surface area contributed by atoms with Crippen molar-refractivity contribution in [3.8, 4) is 21.8 Å². The van der Waals surface area contributed by atoms with Crippen LogP contribution in [0.3, 0.4) is 0 Å². The van der Waals surface area contributed by atoms with Gasteiger partial charge in [0.2, 0.25) is 0 Å². The molecule has 114 valence electrons. The maximum absolute atomic E-state index is 11.8. The molecule has 0 bridgehead atoms. The van der Waals surface area contributed by atoms with Crippen molar-refractivity contribution >= 4 is 22.8 Å². The molecule has 23 heavy (non-hydrogen) atoms. The molecule has 0 radical (unpaired) electrons. The molecule has 4 aromatic rings. The molecular formula is C16H12N4O2S. The molecule has 6 nitrogen and oxygen atoms in total. The molecule has 0 saturated heterocycles. The summed E-state index contributed by atoms with van der Waals surface area (Å²) in [5, 5.41) is 5.20. The molecule has 0 aliphatic heterocycles. The summed E-state index contributed by atoms with van der Waals surface area (Å²) in [7, 11) is 0. The van der Waals surface area contributed by atoms with E-state index in [0.29, 0.717) is 15.6 Å². The van der Waals surface area contributed by atoms with Crippen molar-refractivity contribution in [2.45, 2.75) is 6.92 Å². The minimum Gasteiger partial charge on any atom is -0.472 e. The van der Waals surface area contributed by atoms with Crippen LogP contribution < -0.4 is 5.73 Å². The van der Waals surface area contributed by atoms with Gasteiger partial charge in [-0.25, -0.2) is 9.50 Å². The average Bonchev–Trinajstić information content (AvgIpc) is 3.23. The van der Waals surface area contributed by atoms with Gasteiger partial charge in [0.05, 0.1) is 35.0 Å². The molecule has 0 saturated carbocycles. The number of hydrogen-bond acceptors (Lipinski definition) is 5. The number of nitrogens with two attached hydrogens (primary N) is 1. The standard InChI is InChI=1S/C16H12N4O2S/c1-9-12(11-4-2-3-6-20(11)19-9)16-18-13(10-5-7-22-8-10)14(23-16)15(17)21/h2-8H,1H3,(H2,17,21). The number of aryl methyl sites for hydroxylation is 1. The highest BCUT2D eigenvalue weighted by molar-refractivity contribution is 7.17. The maximum Gasteiger partial charge on any atom is 0.261 e. The molecule has 0 spiro atoms. The van der Waals surface area contributed by atoms with E-state index in [1.54, 1.807) is 23.1 Å². The summed E-state index contributed by atoms with van der Waals surface area (Å²) in [4.78, 5) is 16.8. The van der Waals surface area contributed by atoms with Crippen LogP contribution in [0.1, 0.15) is 15.4 Å². The Labute approximate surface area is 135 Å². The smallest absolute Gasteiger partial charge is 0.261 e. The van der Waals surface area contributed by atoms with Crippen LogP contribution in [0.2, 0.25) is 0 Å². The largest absolute Gasteiger partial charge is 0.472 e. The highest BCUT2D eigenvalue weighted by atomic mass is 32.1. The van der Waals surface area contributed by atoms with Crippen molar-refractivity contribution < 1.29 is 9.21 Å². The van der Waals surface area contributed by atoms with E-state index in [4.69, 9.17) is 10.2 Å². The fourth-order valence-electron chi connectivity index (χ4n) is 2.57. The van der Waals surface area contributed by atoms with Crippen molar-refractivity contribution in [1.82, 2.24) is 14.6 Å². The predicted octanol–water partition coefficient (Wildman–Crippen LogP) is 3.13. The molecule has 4 heterocycles. The van der Waals surface area contributed by atoms with Crippen LogP contribution in [0, 0.1) is 6.92 Å². The fourth-order valence-corrected chi connectivity index (χ4v) is 3.62. The van der Waals surface area contributed by atoms with Gasteiger partial charge in [0.15, 0.2) is 0 Å². The van der Waals surface area contributed by atoms with Crippen LogP contribution in [0.5, 0.6) is 0 Å². The third-order valence-electron chi connectivity index (χ3n) is 3.57. The molecule has 0 unspecified atom stereocenters. The molecule has 1 amide bonds. The van der Waals surface area contributed by atoms with E-state index in [-0.39, 0.29) is 0 Å². The van der Waals surface area contributed by atoms with Crippen molar-refractivity contribution in [3.05, 3.63) is 53.6 Å². The quantitative estimate of drug-likeness (QED) is 0.627. The summed E-state index contributed by atoms with van der Waals surface area (Å²) >= 11 is 1.27. The van der Waals surface area contributed by atoms with Crippen LogP contribution in [0.25, 0.3) is 27.3 Å². The van der Waals surface area contributed by atoms with E-state index >= 15 is 0 Å². The molecule has 4 rings (SSSR count). The Morgan fingerprint density at radius 3 is 2.96 bits per heavy atom. The lowest BCUT2D eigenvalue weighted by atomic mass is 10.2. The van der Waals surface area contributed by atoms with Crippen LogP contribution >= 0.6 is 11.3 Å². The van der Waals surface area contributed by atoms with Crippen molar-refractivity contribution in [3.63, 3.8) is 0 Å². The van der Waals surface area contributed by atoms with Crippen molar-refractivity contribution in [2.75, 3.05) is 0 Å². The Hall–Kier alpha value is -2.93. The summed E-state index contributed by atoms with van der Waals surface area (Å²) in [6.07, 6.45) is 4.97. The zero-order valence-corrected chi connectivity index (χ0v) is 13.0. The lowest BCUT2D eigenvalue weighted by Crippen LogP contribution is -2.09. The number of nitrogens with zero attached hydrogens (tertiary/aromatic N) is 3. The number of pyridine rings is 1. The summed E-state index contributed by atoms with van der Waals surface area (Å²) in [6, 6.07) is 7.59. The van der Waals surface area contributed by atoms with Crippen LogP contribution in [-0.4, -0.2) is 20.5 Å². The average molecular weight is 324 g/mol. The van der Waals surface area contributed by atoms with E-state index in [2.05, 4.69) is 10.1 Å². The highest BCUT2D eigenvalue weighted by Crippen LogP contribution is 2.37. The highest BCUT2D eigenvalue weighted by Gasteiger charge is 2.22. The third kappa shape index (κ3) is 2.13. The van der Waals surface area contributed by atoms with Gasteiger partial charge >= 0.3 is 0 Å². The fraction of sp³-hybridized carbons (Fsp3) is 0.0625. The molecule has 0 atom stereocenters. The summed E-state index contributed by atoms with van der Waals surface area (Å²) in [5.74, 6) is -0.501. The second-order valence-corrected chi connectivity index (χ2v) is 6.06. The number of rotatable bonds is 3. The normalized spacial score (nSPS) is 11.2. The third-order valence-corrected chi connectivity index (χ3v) is 4.66. The molecular weight excluding hydrogens is 312 g/mol. The second kappa shape index (κ2) is 5.06. The van der Waals surface area contributed by atoms with Gasteiger partial charge in [-0.05, 0) is 25.1 Å².